The van der Waals surface area contributed by atoms with Gasteiger partial charge in [-0.05, 0) is 48.2 Å². The molecule has 0 saturated carbocycles. The largest absolute Gasteiger partial charge is 0.461 e. The summed E-state index contributed by atoms with van der Waals surface area (Å²) in [4.78, 5) is 2.06. The molecule has 0 amide bonds. The Labute approximate surface area is 151 Å². The number of anilines is 1. The molecule has 134 valence electrons. The molecule has 1 aliphatic rings. The normalized spacial score (nSPS) is 17.6. The molecule has 1 heterocycles. The van der Waals surface area contributed by atoms with Crippen LogP contribution in [-0.2, 0) is 6.42 Å². The Morgan fingerprint density at radius 1 is 1.20 bits per heavy atom. The van der Waals surface area contributed by atoms with Crippen LogP contribution in [0.4, 0.5) is 23.2 Å². The molecule has 0 aliphatic carbocycles. The van der Waals surface area contributed by atoms with Gasteiger partial charge in [0, 0.05) is 17.2 Å². The van der Waals surface area contributed by atoms with Crippen LogP contribution in [-0.4, -0.2) is 19.6 Å². The highest BCUT2D eigenvalue weighted by Gasteiger charge is 2.44. The fourth-order valence-corrected chi connectivity index (χ4v) is 3.70. The Hall–Kier alpha value is -1.76. The second kappa shape index (κ2) is 6.86. The lowest BCUT2D eigenvalue weighted by molar-refractivity contribution is -0.253. The van der Waals surface area contributed by atoms with E-state index in [9.17, 15) is 17.6 Å². The Kier molecular flexibility index (Phi) is 4.95. The molecule has 25 heavy (non-hydrogen) atoms. The van der Waals surface area contributed by atoms with Crippen molar-refractivity contribution in [1.29, 1.82) is 0 Å². The number of alkyl halides is 4. The standard InChI is InChI=1S/C18H16BrF4NO/c1-24-15(9-8-13-14(19)6-3-7-16(13)24)11-4-2-5-12(10-11)25-18(22,23)17(20)21/h2-7,10,15,17H,8-9H2,1H3. The molecule has 2 nitrogen and oxygen atoms in total. The SMILES string of the molecule is CN1c2cccc(Br)c2CCC1c1cccc(OC(F)(F)C(F)F)c1. The number of benzene rings is 2. The van der Waals surface area contributed by atoms with E-state index >= 15 is 0 Å². The van der Waals surface area contributed by atoms with Crippen LogP contribution in [0.25, 0.3) is 0 Å². The van der Waals surface area contributed by atoms with Crippen LogP contribution < -0.4 is 9.64 Å². The first-order valence-corrected chi connectivity index (χ1v) is 8.54. The molecule has 0 saturated heterocycles. The summed E-state index contributed by atoms with van der Waals surface area (Å²) < 4.78 is 56.2. The van der Waals surface area contributed by atoms with Gasteiger partial charge in [0.15, 0.2) is 0 Å². The number of ether oxygens (including phenoxy) is 1. The van der Waals surface area contributed by atoms with Gasteiger partial charge in [0.1, 0.15) is 5.75 Å². The summed E-state index contributed by atoms with van der Waals surface area (Å²) in [6.07, 6.45) is -6.78. The second-order valence-electron chi connectivity index (χ2n) is 5.94. The average Bonchev–Trinajstić information content (AvgIpc) is 2.56. The molecule has 0 bridgehead atoms. The quantitative estimate of drug-likeness (QED) is 0.582. The van der Waals surface area contributed by atoms with Gasteiger partial charge in [-0.1, -0.05) is 34.1 Å². The fourth-order valence-electron chi connectivity index (χ4n) is 3.15. The molecule has 7 heteroatoms. The number of rotatable bonds is 4. The maximum Gasteiger partial charge on any atom is 0.461 e. The Balaban J connectivity index is 1.87. The molecule has 2 aromatic rings. The molecule has 3 rings (SSSR count). The van der Waals surface area contributed by atoms with Gasteiger partial charge < -0.3 is 9.64 Å². The third-order valence-corrected chi connectivity index (χ3v) is 5.10. The monoisotopic (exact) mass is 417 g/mol. The molecule has 0 fully saturated rings. The minimum Gasteiger partial charge on any atom is -0.428 e. The smallest absolute Gasteiger partial charge is 0.428 e. The van der Waals surface area contributed by atoms with E-state index in [1.54, 1.807) is 6.07 Å². The zero-order valence-electron chi connectivity index (χ0n) is 13.4. The highest BCUT2D eigenvalue weighted by Crippen LogP contribution is 2.41. The molecular formula is C18H16BrF4NO. The van der Waals surface area contributed by atoms with Crippen molar-refractivity contribution >= 4 is 21.6 Å². The summed E-state index contributed by atoms with van der Waals surface area (Å²) >= 11 is 3.54. The topological polar surface area (TPSA) is 12.5 Å². The van der Waals surface area contributed by atoms with E-state index in [0.29, 0.717) is 0 Å². The number of halogens is 5. The summed E-state index contributed by atoms with van der Waals surface area (Å²) in [5, 5.41) is 0. The molecular weight excluding hydrogens is 402 g/mol. The molecule has 2 aromatic carbocycles. The minimum atomic E-state index is -4.51. The van der Waals surface area contributed by atoms with Gasteiger partial charge >= 0.3 is 12.5 Å². The molecule has 0 aromatic heterocycles. The van der Waals surface area contributed by atoms with E-state index in [-0.39, 0.29) is 11.8 Å². The number of nitrogens with zero attached hydrogens (tertiary/aromatic N) is 1. The van der Waals surface area contributed by atoms with E-state index in [1.165, 1.54) is 23.8 Å². The van der Waals surface area contributed by atoms with Gasteiger partial charge in [-0.3, -0.25) is 0 Å². The van der Waals surface area contributed by atoms with Gasteiger partial charge in [0.05, 0.1) is 6.04 Å². The maximum atomic E-state index is 13.1. The third-order valence-electron chi connectivity index (χ3n) is 4.36. The van der Waals surface area contributed by atoms with Gasteiger partial charge in [-0.15, -0.1) is 0 Å². The van der Waals surface area contributed by atoms with Crippen molar-refractivity contribution in [2.75, 3.05) is 11.9 Å². The van der Waals surface area contributed by atoms with Crippen molar-refractivity contribution in [2.45, 2.75) is 31.4 Å². The van der Waals surface area contributed by atoms with E-state index in [1.807, 2.05) is 25.2 Å². The minimum absolute atomic E-state index is 0.0504. The molecule has 0 N–H and O–H groups in total. The van der Waals surface area contributed by atoms with Gasteiger partial charge in [0.2, 0.25) is 0 Å². The highest BCUT2D eigenvalue weighted by atomic mass is 79.9. The number of hydrogen-bond acceptors (Lipinski definition) is 2. The van der Waals surface area contributed by atoms with Crippen LogP contribution in [0.2, 0.25) is 0 Å². The summed E-state index contributed by atoms with van der Waals surface area (Å²) in [5.74, 6) is -0.267. The predicted molar refractivity (Wildman–Crippen MR) is 91.6 cm³/mol. The molecule has 1 atom stereocenters. The zero-order valence-corrected chi connectivity index (χ0v) is 14.9. The van der Waals surface area contributed by atoms with Crippen LogP contribution in [0.5, 0.6) is 5.75 Å². The number of fused-ring (bicyclic) bond motifs is 1. The Morgan fingerprint density at radius 2 is 1.92 bits per heavy atom. The average molecular weight is 418 g/mol. The lowest BCUT2D eigenvalue weighted by Crippen LogP contribution is -2.33. The van der Waals surface area contributed by atoms with Crippen LogP contribution in [0.1, 0.15) is 23.6 Å². The van der Waals surface area contributed by atoms with Crippen LogP contribution >= 0.6 is 15.9 Å². The number of hydrogen-bond donors (Lipinski definition) is 0. The lowest BCUT2D eigenvalue weighted by atomic mass is 9.92. The van der Waals surface area contributed by atoms with E-state index < -0.39 is 12.5 Å². The van der Waals surface area contributed by atoms with Gasteiger partial charge in [0.25, 0.3) is 0 Å². The zero-order chi connectivity index (χ0) is 18.2. The fraction of sp³-hybridized carbons (Fsp3) is 0.333. The first-order valence-electron chi connectivity index (χ1n) is 7.75. The van der Waals surface area contributed by atoms with Crippen LogP contribution in [0.3, 0.4) is 0 Å². The van der Waals surface area contributed by atoms with E-state index in [2.05, 4.69) is 25.6 Å². The van der Waals surface area contributed by atoms with Crippen molar-refractivity contribution in [3.8, 4) is 5.75 Å². The van der Waals surface area contributed by atoms with Crippen molar-refractivity contribution in [3.05, 3.63) is 58.1 Å². The molecule has 0 spiro atoms. The Bertz CT molecular complexity index is 768. The third kappa shape index (κ3) is 3.61. The van der Waals surface area contributed by atoms with E-state index in [0.717, 1.165) is 28.6 Å². The van der Waals surface area contributed by atoms with Crippen molar-refractivity contribution < 1.29 is 22.3 Å². The van der Waals surface area contributed by atoms with Crippen molar-refractivity contribution in [1.82, 2.24) is 0 Å². The summed E-state index contributed by atoms with van der Waals surface area (Å²) in [5.41, 5.74) is 2.99. The maximum absolute atomic E-state index is 13.1. The predicted octanol–water partition coefficient (Wildman–Crippen LogP) is 5.81. The first-order chi connectivity index (χ1) is 11.8. The molecule has 1 aliphatic heterocycles. The highest BCUT2D eigenvalue weighted by molar-refractivity contribution is 9.10. The first kappa shape index (κ1) is 18.0. The lowest BCUT2D eigenvalue weighted by Gasteiger charge is -2.37. The van der Waals surface area contributed by atoms with E-state index in [4.69, 9.17) is 0 Å². The second-order valence-corrected chi connectivity index (χ2v) is 6.79. The van der Waals surface area contributed by atoms with Crippen LogP contribution in [0, 0.1) is 0 Å². The summed E-state index contributed by atoms with van der Waals surface area (Å²) in [6.45, 7) is 0. The summed E-state index contributed by atoms with van der Waals surface area (Å²) in [6, 6.07) is 11.8. The van der Waals surface area contributed by atoms with Gasteiger partial charge in [-0.25, -0.2) is 0 Å². The van der Waals surface area contributed by atoms with Gasteiger partial charge in [-0.2, -0.15) is 17.6 Å². The molecule has 0 radical (unpaired) electrons. The van der Waals surface area contributed by atoms with Crippen molar-refractivity contribution in [2.24, 2.45) is 0 Å². The summed E-state index contributed by atoms with van der Waals surface area (Å²) in [7, 11) is 1.93. The Morgan fingerprint density at radius 3 is 2.64 bits per heavy atom. The van der Waals surface area contributed by atoms with Crippen molar-refractivity contribution in [3.63, 3.8) is 0 Å². The van der Waals surface area contributed by atoms with Crippen LogP contribution in [0.15, 0.2) is 46.9 Å². The molecule has 1 unspecified atom stereocenters.